The van der Waals surface area contributed by atoms with Gasteiger partial charge in [-0.1, -0.05) is 23.7 Å². The zero-order valence-electron chi connectivity index (χ0n) is 8.95. The molecule has 0 amide bonds. The maximum Gasteiger partial charge on any atom is 0.337 e. The fourth-order valence-corrected chi connectivity index (χ4v) is 1.93. The second kappa shape index (κ2) is 4.74. The lowest BCUT2D eigenvalue weighted by Crippen LogP contribution is -2.02. The van der Waals surface area contributed by atoms with Crippen LogP contribution in [0.15, 0.2) is 36.4 Å². The van der Waals surface area contributed by atoms with E-state index in [0.717, 1.165) is 18.2 Å². The van der Waals surface area contributed by atoms with E-state index in [-0.39, 0.29) is 21.7 Å². The summed E-state index contributed by atoms with van der Waals surface area (Å²) in [7, 11) is 0. The van der Waals surface area contributed by atoms with Crippen LogP contribution in [-0.4, -0.2) is 11.1 Å². The van der Waals surface area contributed by atoms with Crippen LogP contribution in [0.5, 0.6) is 0 Å². The van der Waals surface area contributed by atoms with Crippen LogP contribution >= 0.6 is 11.6 Å². The molecule has 0 radical (unpaired) electrons. The molecule has 2 rings (SSSR count). The Morgan fingerprint density at radius 2 is 1.83 bits per heavy atom. The molecule has 1 N–H and O–H groups in total. The van der Waals surface area contributed by atoms with Crippen molar-refractivity contribution in [2.45, 2.75) is 0 Å². The largest absolute Gasteiger partial charge is 0.478 e. The predicted molar refractivity (Wildman–Crippen MR) is 63.8 cm³/mol. The fraction of sp³-hybridized carbons (Fsp3) is 0. The number of rotatable bonds is 2. The van der Waals surface area contributed by atoms with E-state index in [2.05, 4.69) is 0 Å². The zero-order valence-corrected chi connectivity index (χ0v) is 9.71. The van der Waals surface area contributed by atoms with E-state index in [1.165, 1.54) is 18.2 Å². The molecule has 0 spiro atoms. The fourth-order valence-electron chi connectivity index (χ4n) is 1.67. The van der Waals surface area contributed by atoms with Gasteiger partial charge in [-0.15, -0.1) is 0 Å². The van der Waals surface area contributed by atoms with E-state index in [9.17, 15) is 13.6 Å². The molecule has 18 heavy (non-hydrogen) atoms. The molecule has 0 aliphatic carbocycles. The summed E-state index contributed by atoms with van der Waals surface area (Å²) in [5.41, 5.74) is -0.328. The van der Waals surface area contributed by atoms with Crippen molar-refractivity contribution < 1.29 is 18.7 Å². The standard InChI is InChI=1S/C13H7ClF2O2/c14-10-3-1-2-8(12(10)13(17)18)9-6-7(15)4-5-11(9)16/h1-6H,(H,17,18). The predicted octanol–water partition coefficient (Wildman–Crippen LogP) is 3.98. The van der Waals surface area contributed by atoms with Gasteiger partial charge in [0.15, 0.2) is 0 Å². The molecule has 2 aromatic carbocycles. The minimum atomic E-state index is -1.29. The Morgan fingerprint density at radius 1 is 1.11 bits per heavy atom. The molecular formula is C13H7ClF2O2. The van der Waals surface area contributed by atoms with Crippen molar-refractivity contribution >= 4 is 17.6 Å². The first-order valence-corrected chi connectivity index (χ1v) is 5.35. The first-order valence-electron chi connectivity index (χ1n) is 4.98. The van der Waals surface area contributed by atoms with Crippen LogP contribution in [0.3, 0.4) is 0 Å². The highest BCUT2D eigenvalue weighted by atomic mass is 35.5. The molecule has 0 bridgehead atoms. The SMILES string of the molecule is O=C(O)c1c(Cl)cccc1-c1cc(F)ccc1F. The highest BCUT2D eigenvalue weighted by molar-refractivity contribution is 6.34. The van der Waals surface area contributed by atoms with Gasteiger partial charge in [0, 0.05) is 11.1 Å². The van der Waals surface area contributed by atoms with Gasteiger partial charge >= 0.3 is 5.97 Å². The number of carboxylic acid groups (broad SMARTS) is 1. The van der Waals surface area contributed by atoms with Gasteiger partial charge in [0.2, 0.25) is 0 Å². The van der Waals surface area contributed by atoms with Gasteiger partial charge in [-0.3, -0.25) is 0 Å². The summed E-state index contributed by atoms with van der Waals surface area (Å²) in [5.74, 6) is -2.65. The number of hydrogen-bond donors (Lipinski definition) is 1. The quantitative estimate of drug-likeness (QED) is 0.894. The van der Waals surface area contributed by atoms with Crippen LogP contribution in [0.1, 0.15) is 10.4 Å². The second-order valence-corrected chi connectivity index (χ2v) is 4.00. The summed E-state index contributed by atoms with van der Waals surface area (Å²) in [6.07, 6.45) is 0. The molecule has 0 aliphatic heterocycles. The lowest BCUT2D eigenvalue weighted by atomic mass is 9.99. The third-order valence-electron chi connectivity index (χ3n) is 2.45. The lowest BCUT2D eigenvalue weighted by Gasteiger charge is -2.09. The molecule has 0 unspecified atom stereocenters. The molecule has 0 heterocycles. The van der Waals surface area contributed by atoms with Gasteiger partial charge in [-0.05, 0) is 24.3 Å². The molecule has 0 fully saturated rings. The molecule has 0 aromatic heterocycles. The molecule has 0 saturated carbocycles. The highest BCUT2D eigenvalue weighted by Gasteiger charge is 2.18. The third-order valence-corrected chi connectivity index (χ3v) is 2.76. The zero-order chi connectivity index (χ0) is 13.3. The number of hydrogen-bond acceptors (Lipinski definition) is 1. The van der Waals surface area contributed by atoms with E-state index in [0.29, 0.717) is 0 Å². The lowest BCUT2D eigenvalue weighted by molar-refractivity contribution is 0.0698. The van der Waals surface area contributed by atoms with Gasteiger partial charge in [-0.2, -0.15) is 0 Å². The Kier molecular flexibility index (Phi) is 3.30. The van der Waals surface area contributed by atoms with Crippen molar-refractivity contribution in [1.82, 2.24) is 0 Å². The summed E-state index contributed by atoms with van der Waals surface area (Å²) in [5, 5.41) is 9.04. The number of benzene rings is 2. The summed E-state index contributed by atoms with van der Waals surface area (Å²) >= 11 is 5.77. The molecule has 2 aromatic rings. The maximum atomic E-state index is 13.6. The van der Waals surface area contributed by atoms with E-state index in [1.807, 2.05) is 0 Å². The van der Waals surface area contributed by atoms with Crippen LogP contribution in [0.4, 0.5) is 8.78 Å². The van der Waals surface area contributed by atoms with Crippen LogP contribution < -0.4 is 0 Å². The van der Waals surface area contributed by atoms with Gasteiger partial charge in [0.05, 0.1) is 10.6 Å². The Bertz CT molecular complexity index is 626. The smallest absolute Gasteiger partial charge is 0.337 e. The maximum absolute atomic E-state index is 13.6. The van der Waals surface area contributed by atoms with Gasteiger partial charge < -0.3 is 5.11 Å². The first-order chi connectivity index (χ1) is 8.50. The molecule has 5 heteroatoms. The Morgan fingerprint density at radius 3 is 2.50 bits per heavy atom. The monoisotopic (exact) mass is 268 g/mol. The Hall–Kier alpha value is -1.94. The summed E-state index contributed by atoms with van der Waals surface area (Å²) in [6.45, 7) is 0. The normalized spacial score (nSPS) is 10.4. The Labute approximate surface area is 106 Å². The third kappa shape index (κ3) is 2.19. The number of aromatic carboxylic acids is 1. The van der Waals surface area contributed by atoms with Gasteiger partial charge in [0.1, 0.15) is 11.6 Å². The van der Waals surface area contributed by atoms with Crippen molar-refractivity contribution in [1.29, 1.82) is 0 Å². The minimum Gasteiger partial charge on any atom is -0.478 e. The average molecular weight is 269 g/mol. The minimum absolute atomic E-state index is 0.0244. The van der Waals surface area contributed by atoms with Crippen molar-refractivity contribution in [3.63, 3.8) is 0 Å². The second-order valence-electron chi connectivity index (χ2n) is 3.59. The van der Waals surface area contributed by atoms with Crippen LogP contribution in [0.25, 0.3) is 11.1 Å². The molecule has 0 aliphatic rings. The molecular weight excluding hydrogens is 262 g/mol. The number of halogens is 3. The molecule has 92 valence electrons. The molecule has 0 atom stereocenters. The van der Waals surface area contributed by atoms with Crippen molar-refractivity contribution in [3.8, 4) is 11.1 Å². The summed E-state index contributed by atoms with van der Waals surface area (Å²) in [4.78, 5) is 11.1. The van der Waals surface area contributed by atoms with Gasteiger partial charge in [0.25, 0.3) is 0 Å². The first kappa shape index (κ1) is 12.5. The number of carboxylic acids is 1. The van der Waals surface area contributed by atoms with Crippen molar-refractivity contribution in [2.75, 3.05) is 0 Å². The average Bonchev–Trinajstić information content (AvgIpc) is 2.31. The van der Waals surface area contributed by atoms with E-state index in [1.54, 1.807) is 0 Å². The van der Waals surface area contributed by atoms with Crippen molar-refractivity contribution in [3.05, 3.63) is 58.6 Å². The Balaban J connectivity index is 2.75. The summed E-state index contributed by atoms with van der Waals surface area (Å²) in [6, 6.07) is 7.09. The van der Waals surface area contributed by atoms with Crippen molar-refractivity contribution in [2.24, 2.45) is 0 Å². The van der Waals surface area contributed by atoms with E-state index in [4.69, 9.17) is 16.7 Å². The summed E-state index contributed by atoms with van der Waals surface area (Å²) < 4.78 is 26.7. The van der Waals surface area contributed by atoms with Crippen LogP contribution in [0, 0.1) is 11.6 Å². The number of carbonyl (C=O) groups is 1. The van der Waals surface area contributed by atoms with Crippen LogP contribution in [-0.2, 0) is 0 Å². The van der Waals surface area contributed by atoms with E-state index < -0.39 is 17.6 Å². The van der Waals surface area contributed by atoms with Gasteiger partial charge in [-0.25, -0.2) is 13.6 Å². The molecule has 0 saturated heterocycles. The van der Waals surface area contributed by atoms with Crippen LogP contribution in [0.2, 0.25) is 5.02 Å². The molecule has 2 nitrogen and oxygen atoms in total. The van der Waals surface area contributed by atoms with E-state index >= 15 is 0 Å². The highest BCUT2D eigenvalue weighted by Crippen LogP contribution is 2.31. The topological polar surface area (TPSA) is 37.3 Å².